The van der Waals surface area contributed by atoms with E-state index in [0.29, 0.717) is 32.9 Å². The highest BCUT2D eigenvalue weighted by Gasteiger charge is 2.20. The van der Waals surface area contributed by atoms with Crippen molar-refractivity contribution in [1.82, 2.24) is 9.78 Å². The molecule has 1 aromatic heterocycles. The molecule has 1 amide bonds. The minimum absolute atomic E-state index is 0.0813. The van der Waals surface area contributed by atoms with Crippen molar-refractivity contribution in [2.24, 2.45) is 0 Å². The first kappa shape index (κ1) is 22.0. The van der Waals surface area contributed by atoms with Gasteiger partial charge < -0.3 is 14.8 Å². The Balaban J connectivity index is 1.60. The predicted molar refractivity (Wildman–Crippen MR) is 124 cm³/mol. The fourth-order valence-corrected chi connectivity index (χ4v) is 3.42. The first-order valence-electron chi connectivity index (χ1n) is 9.86. The summed E-state index contributed by atoms with van der Waals surface area (Å²) in [5, 5.41) is 7.86. The summed E-state index contributed by atoms with van der Waals surface area (Å²) >= 11 is 5.97. The number of benzene rings is 3. The van der Waals surface area contributed by atoms with Crippen molar-refractivity contribution in [1.29, 1.82) is 0 Å². The van der Waals surface area contributed by atoms with Crippen molar-refractivity contribution in [2.75, 3.05) is 19.0 Å². The van der Waals surface area contributed by atoms with E-state index in [1.807, 2.05) is 0 Å². The van der Waals surface area contributed by atoms with Crippen molar-refractivity contribution >= 4 is 39.9 Å². The minimum Gasteiger partial charge on any atom is -0.495 e. The van der Waals surface area contributed by atoms with Gasteiger partial charge in [0.2, 0.25) is 0 Å². The molecule has 166 valence electrons. The van der Waals surface area contributed by atoms with E-state index in [1.165, 1.54) is 13.2 Å². The van der Waals surface area contributed by atoms with E-state index in [4.69, 9.17) is 21.1 Å². The molecule has 0 bridgehead atoms. The summed E-state index contributed by atoms with van der Waals surface area (Å²) in [5.74, 6) is -1.03. The van der Waals surface area contributed by atoms with Gasteiger partial charge in [0.25, 0.3) is 11.5 Å². The van der Waals surface area contributed by atoms with Gasteiger partial charge in [0.05, 0.1) is 23.9 Å². The normalized spacial score (nSPS) is 10.6. The van der Waals surface area contributed by atoms with E-state index in [1.54, 1.807) is 66.7 Å². The number of methoxy groups -OCH3 is 1. The minimum atomic E-state index is -0.843. The van der Waals surface area contributed by atoms with E-state index in [9.17, 15) is 14.4 Å². The maximum Gasteiger partial charge on any atom is 0.359 e. The Hall–Kier alpha value is -4.17. The summed E-state index contributed by atoms with van der Waals surface area (Å²) in [7, 11) is 1.46. The van der Waals surface area contributed by atoms with Gasteiger partial charge in [-0.15, -0.1) is 0 Å². The summed E-state index contributed by atoms with van der Waals surface area (Å²) in [6.45, 7) is -0.574. The third kappa shape index (κ3) is 4.70. The highest BCUT2D eigenvalue weighted by Crippen LogP contribution is 2.27. The summed E-state index contributed by atoms with van der Waals surface area (Å²) in [6, 6.07) is 20.0. The van der Waals surface area contributed by atoms with Gasteiger partial charge in [0.1, 0.15) is 5.75 Å². The van der Waals surface area contributed by atoms with E-state index in [2.05, 4.69) is 10.4 Å². The highest BCUT2D eigenvalue weighted by molar-refractivity contribution is 6.31. The molecule has 0 unspecified atom stereocenters. The molecule has 1 N–H and O–H groups in total. The third-order valence-electron chi connectivity index (χ3n) is 4.77. The van der Waals surface area contributed by atoms with Crippen molar-refractivity contribution in [3.63, 3.8) is 0 Å². The number of esters is 1. The number of amides is 1. The van der Waals surface area contributed by atoms with E-state index in [-0.39, 0.29) is 11.3 Å². The molecule has 33 heavy (non-hydrogen) atoms. The Morgan fingerprint density at radius 3 is 2.42 bits per heavy atom. The number of fused-ring (bicyclic) bond motifs is 1. The summed E-state index contributed by atoms with van der Waals surface area (Å²) < 4.78 is 11.5. The first-order chi connectivity index (χ1) is 16.0. The fourth-order valence-electron chi connectivity index (χ4n) is 3.25. The molecule has 4 aromatic rings. The molecular formula is C24H18ClN3O5. The van der Waals surface area contributed by atoms with Gasteiger partial charge in [0, 0.05) is 10.4 Å². The van der Waals surface area contributed by atoms with Crippen molar-refractivity contribution in [2.45, 2.75) is 0 Å². The highest BCUT2D eigenvalue weighted by atomic mass is 35.5. The first-order valence-corrected chi connectivity index (χ1v) is 10.2. The van der Waals surface area contributed by atoms with Crippen LogP contribution in [0.3, 0.4) is 0 Å². The molecule has 0 aliphatic heterocycles. The molecule has 3 aromatic carbocycles. The SMILES string of the molecule is COc1ccc(Cl)cc1NC(=O)COC(=O)c1nn(-c2ccccc2)c(=O)c2ccccc12. The number of ether oxygens (including phenoxy) is 2. The van der Waals surface area contributed by atoms with Crippen LogP contribution in [0, 0.1) is 0 Å². The largest absolute Gasteiger partial charge is 0.495 e. The molecule has 4 rings (SSSR count). The summed E-state index contributed by atoms with van der Waals surface area (Å²) in [5.41, 5.74) is 0.377. The molecule has 0 aliphatic carbocycles. The van der Waals surface area contributed by atoms with Crippen LogP contribution in [-0.2, 0) is 9.53 Å². The van der Waals surface area contributed by atoms with Crippen LogP contribution in [0.2, 0.25) is 5.02 Å². The zero-order valence-electron chi connectivity index (χ0n) is 17.4. The Kier molecular flexibility index (Phi) is 6.37. The van der Waals surface area contributed by atoms with Gasteiger partial charge in [-0.3, -0.25) is 9.59 Å². The van der Waals surface area contributed by atoms with Crippen LogP contribution in [0.15, 0.2) is 77.6 Å². The molecule has 8 nitrogen and oxygen atoms in total. The number of anilines is 1. The smallest absolute Gasteiger partial charge is 0.359 e. The molecule has 1 heterocycles. The predicted octanol–water partition coefficient (Wildman–Crippen LogP) is 3.84. The van der Waals surface area contributed by atoms with E-state index >= 15 is 0 Å². The number of aromatic nitrogens is 2. The quantitative estimate of drug-likeness (QED) is 0.436. The number of rotatable bonds is 6. The molecular weight excluding hydrogens is 446 g/mol. The molecule has 0 atom stereocenters. The number of carbonyl (C=O) groups excluding carboxylic acids is 2. The maximum atomic E-state index is 12.9. The van der Waals surface area contributed by atoms with Crippen LogP contribution < -0.4 is 15.6 Å². The number of nitrogens with one attached hydrogen (secondary N) is 1. The number of halogens is 1. The van der Waals surface area contributed by atoms with Gasteiger partial charge in [-0.05, 0) is 36.4 Å². The van der Waals surface area contributed by atoms with Crippen molar-refractivity contribution in [3.8, 4) is 11.4 Å². The standard InChI is InChI=1S/C24H18ClN3O5/c1-32-20-12-11-15(25)13-19(20)26-21(29)14-33-24(31)22-17-9-5-6-10-18(17)23(30)28(27-22)16-7-3-2-4-8-16/h2-13H,14H2,1H3,(H,26,29). The average molecular weight is 464 g/mol. The number of para-hydroxylation sites is 1. The second kappa shape index (κ2) is 9.54. The Bertz CT molecular complexity index is 1400. The summed E-state index contributed by atoms with van der Waals surface area (Å²) in [6.07, 6.45) is 0. The molecule has 9 heteroatoms. The van der Waals surface area contributed by atoms with Gasteiger partial charge >= 0.3 is 5.97 Å². The maximum absolute atomic E-state index is 12.9. The fraction of sp³-hybridized carbons (Fsp3) is 0.0833. The third-order valence-corrected chi connectivity index (χ3v) is 5.00. The number of carbonyl (C=O) groups is 2. The molecule has 0 saturated heterocycles. The lowest BCUT2D eigenvalue weighted by Crippen LogP contribution is -2.26. The van der Waals surface area contributed by atoms with E-state index in [0.717, 1.165) is 4.68 Å². The zero-order chi connectivity index (χ0) is 23.4. The van der Waals surface area contributed by atoms with Gasteiger partial charge in [-0.25, -0.2) is 4.79 Å². The average Bonchev–Trinajstić information content (AvgIpc) is 2.83. The van der Waals surface area contributed by atoms with Crippen molar-refractivity contribution < 1.29 is 19.1 Å². The Morgan fingerprint density at radius 2 is 1.70 bits per heavy atom. The number of hydrogen-bond donors (Lipinski definition) is 1. The van der Waals surface area contributed by atoms with Gasteiger partial charge in [-0.2, -0.15) is 9.78 Å². The topological polar surface area (TPSA) is 99.5 Å². The van der Waals surface area contributed by atoms with Gasteiger partial charge in [0.15, 0.2) is 12.3 Å². The summed E-state index contributed by atoms with van der Waals surface area (Å²) in [4.78, 5) is 38.2. The zero-order valence-corrected chi connectivity index (χ0v) is 18.2. The van der Waals surface area contributed by atoms with Gasteiger partial charge in [-0.1, -0.05) is 48.0 Å². The molecule has 0 spiro atoms. The van der Waals surface area contributed by atoms with Crippen LogP contribution in [0.5, 0.6) is 5.75 Å². The van der Waals surface area contributed by atoms with E-state index < -0.39 is 18.5 Å². The Labute approximate surface area is 193 Å². The van der Waals surface area contributed by atoms with Crippen LogP contribution in [-0.4, -0.2) is 35.4 Å². The lowest BCUT2D eigenvalue weighted by atomic mass is 10.1. The van der Waals surface area contributed by atoms with Crippen LogP contribution >= 0.6 is 11.6 Å². The molecule has 0 aliphatic rings. The van der Waals surface area contributed by atoms with Crippen LogP contribution in [0.25, 0.3) is 16.5 Å². The molecule has 0 saturated carbocycles. The number of hydrogen-bond acceptors (Lipinski definition) is 6. The monoisotopic (exact) mass is 463 g/mol. The van der Waals surface area contributed by atoms with Crippen molar-refractivity contribution in [3.05, 3.63) is 93.9 Å². The number of nitrogens with zero attached hydrogens (tertiary/aromatic N) is 2. The van der Waals surface area contributed by atoms with Crippen LogP contribution in [0.4, 0.5) is 5.69 Å². The Morgan fingerprint density at radius 1 is 1.00 bits per heavy atom. The second-order valence-corrected chi connectivity index (χ2v) is 7.35. The van der Waals surface area contributed by atoms with Crippen LogP contribution in [0.1, 0.15) is 10.5 Å². The molecule has 0 radical (unpaired) electrons. The molecule has 0 fully saturated rings. The lowest BCUT2D eigenvalue weighted by Gasteiger charge is -2.12. The second-order valence-electron chi connectivity index (χ2n) is 6.92. The lowest BCUT2D eigenvalue weighted by molar-refractivity contribution is -0.119.